The highest BCUT2D eigenvalue weighted by Gasteiger charge is 2.29. The molecule has 2 rings (SSSR count). The quantitative estimate of drug-likeness (QED) is 0.845. The van der Waals surface area contributed by atoms with Crippen molar-refractivity contribution >= 4 is 23.6 Å². The van der Waals surface area contributed by atoms with E-state index in [1.807, 2.05) is 31.2 Å². The Hall–Kier alpha value is -1.49. The van der Waals surface area contributed by atoms with Crippen LogP contribution in [0.3, 0.4) is 0 Å². The summed E-state index contributed by atoms with van der Waals surface area (Å²) in [6, 6.07) is 7.89. The summed E-state index contributed by atoms with van der Waals surface area (Å²) in [6.45, 7) is 2.16. The predicted molar refractivity (Wildman–Crippen MR) is 79.0 cm³/mol. The molecule has 0 saturated carbocycles. The van der Waals surface area contributed by atoms with Gasteiger partial charge in [0.25, 0.3) is 0 Å². The van der Waals surface area contributed by atoms with E-state index in [9.17, 15) is 9.59 Å². The van der Waals surface area contributed by atoms with Gasteiger partial charge < -0.3 is 10.4 Å². The molecule has 1 aliphatic heterocycles. The maximum Gasteiger partial charge on any atom is 0.308 e. The van der Waals surface area contributed by atoms with E-state index in [4.69, 9.17) is 5.11 Å². The Morgan fingerprint density at radius 2 is 2.20 bits per heavy atom. The average Bonchev–Trinajstić information content (AvgIpc) is 2.86. The van der Waals surface area contributed by atoms with Crippen LogP contribution in [0.2, 0.25) is 0 Å². The first-order valence-corrected chi connectivity index (χ1v) is 7.84. The van der Waals surface area contributed by atoms with Gasteiger partial charge in [0, 0.05) is 17.2 Å². The summed E-state index contributed by atoms with van der Waals surface area (Å²) in [4.78, 5) is 24.4. The summed E-state index contributed by atoms with van der Waals surface area (Å²) in [5.74, 6) is -0.824. The fourth-order valence-electron chi connectivity index (χ4n) is 2.39. The lowest BCUT2D eigenvalue weighted by atomic mass is 9.99. The second-order valence-electron chi connectivity index (χ2n) is 4.97. The van der Waals surface area contributed by atoms with Crippen LogP contribution in [0.15, 0.2) is 29.2 Å². The summed E-state index contributed by atoms with van der Waals surface area (Å²) in [5, 5.41) is 11.9. The minimum Gasteiger partial charge on any atom is -0.481 e. The van der Waals surface area contributed by atoms with E-state index in [1.165, 1.54) is 0 Å². The van der Waals surface area contributed by atoms with E-state index in [0.29, 0.717) is 6.42 Å². The molecule has 1 aliphatic rings. The van der Waals surface area contributed by atoms with Crippen molar-refractivity contribution in [2.24, 2.45) is 5.92 Å². The van der Waals surface area contributed by atoms with E-state index in [2.05, 4.69) is 5.32 Å². The molecular formula is C15H19NO3S. The Kier molecular flexibility index (Phi) is 5.06. The van der Waals surface area contributed by atoms with Crippen LogP contribution in [0, 0.1) is 5.92 Å². The number of carboxylic acids is 1. The number of fused-ring (bicyclic) bond motifs is 1. The van der Waals surface area contributed by atoms with Crippen molar-refractivity contribution in [1.29, 1.82) is 0 Å². The predicted octanol–water partition coefficient (Wildman–Crippen LogP) is 2.49. The maximum atomic E-state index is 12.2. The lowest BCUT2D eigenvalue weighted by Gasteiger charge is -2.15. The van der Waals surface area contributed by atoms with Crippen LogP contribution in [0.5, 0.6) is 0 Å². The fraction of sp³-hybridized carbons (Fsp3) is 0.467. The molecule has 1 heterocycles. The molecule has 0 saturated heterocycles. The van der Waals surface area contributed by atoms with Gasteiger partial charge in [0.15, 0.2) is 0 Å². The van der Waals surface area contributed by atoms with Gasteiger partial charge in [0.2, 0.25) is 5.91 Å². The molecule has 2 N–H and O–H groups in total. The monoisotopic (exact) mass is 293 g/mol. The smallest absolute Gasteiger partial charge is 0.308 e. The van der Waals surface area contributed by atoms with E-state index < -0.39 is 11.9 Å². The van der Waals surface area contributed by atoms with E-state index in [0.717, 1.165) is 22.6 Å². The van der Waals surface area contributed by atoms with Crippen LogP contribution in [-0.2, 0) is 9.59 Å². The standard InChI is InChI=1S/C15H19NO3S/c1-2-5-10(15(18)19)8-16-14(17)12-9-20-13-7-4-3-6-11(12)13/h3-4,6-7,10,12H,2,5,8-9H2,1H3,(H,16,17)(H,18,19). The van der Waals surface area contributed by atoms with Crippen molar-refractivity contribution in [2.45, 2.75) is 30.6 Å². The molecule has 1 aromatic rings. The molecule has 0 bridgehead atoms. The normalized spacial score (nSPS) is 18.4. The summed E-state index contributed by atoms with van der Waals surface area (Å²) < 4.78 is 0. The van der Waals surface area contributed by atoms with Crippen molar-refractivity contribution in [3.63, 3.8) is 0 Å². The highest BCUT2D eigenvalue weighted by atomic mass is 32.2. The number of nitrogens with one attached hydrogen (secondary N) is 1. The summed E-state index contributed by atoms with van der Waals surface area (Å²) in [5.41, 5.74) is 1.05. The third-order valence-corrected chi connectivity index (χ3v) is 4.71. The Bertz CT molecular complexity index is 504. The van der Waals surface area contributed by atoms with Crippen LogP contribution in [0.1, 0.15) is 31.2 Å². The number of benzene rings is 1. The zero-order chi connectivity index (χ0) is 14.5. The van der Waals surface area contributed by atoms with Crippen molar-refractivity contribution in [1.82, 2.24) is 5.32 Å². The molecule has 0 aromatic heterocycles. The molecule has 5 heteroatoms. The first kappa shape index (κ1) is 14.9. The van der Waals surface area contributed by atoms with Crippen LogP contribution in [-0.4, -0.2) is 29.3 Å². The molecule has 4 nitrogen and oxygen atoms in total. The van der Waals surface area contributed by atoms with E-state index in [-0.39, 0.29) is 18.4 Å². The van der Waals surface area contributed by atoms with Crippen LogP contribution in [0.4, 0.5) is 0 Å². The number of thioether (sulfide) groups is 1. The maximum absolute atomic E-state index is 12.2. The minimum atomic E-state index is -0.839. The fourth-order valence-corrected chi connectivity index (χ4v) is 3.62. The van der Waals surface area contributed by atoms with Gasteiger partial charge in [-0.25, -0.2) is 0 Å². The van der Waals surface area contributed by atoms with Gasteiger partial charge in [-0.2, -0.15) is 0 Å². The van der Waals surface area contributed by atoms with Gasteiger partial charge in [-0.05, 0) is 18.1 Å². The number of carboxylic acid groups (broad SMARTS) is 1. The minimum absolute atomic E-state index is 0.0650. The number of amides is 1. The highest BCUT2D eigenvalue weighted by molar-refractivity contribution is 7.99. The molecule has 0 aliphatic carbocycles. The van der Waals surface area contributed by atoms with Crippen molar-refractivity contribution in [3.8, 4) is 0 Å². The number of carbonyl (C=O) groups excluding carboxylic acids is 1. The van der Waals surface area contributed by atoms with Crippen molar-refractivity contribution < 1.29 is 14.7 Å². The van der Waals surface area contributed by atoms with E-state index in [1.54, 1.807) is 11.8 Å². The number of rotatable bonds is 6. The molecule has 1 amide bonds. The zero-order valence-electron chi connectivity index (χ0n) is 11.5. The van der Waals surface area contributed by atoms with Gasteiger partial charge in [-0.1, -0.05) is 31.5 Å². The van der Waals surface area contributed by atoms with Gasteiger partial charge in [-0.3, -0.25) is 9.59 Å². The Morgan fingerprint density at radius 1 is 1.45 bits per heavy atom. The Morgan fingerprint density at radius 3 is 2.90 bits per heavy atom. The summed E-state index contributed by atoms with van der Waals surface area (Å²) >= 11 is 1.68. The molecule has 0 fully saturated rings. The highest BCUT2D eigenvalue weighted by Crippen LogP contribution is 2.39. The Labute approximate surface area is 123 Å². The molecule has 108 valence electrons. The average molecular weight is 293 g/mol. The lowest BCUT2D eigenvalue weighted by Crippen LogP contribution is -2.36. The number of hydrogen-bond acceptors (Lipinski definition) is 3. The van der Waals surface area contributed by atoms with E-state index >= 15 is 0 Å². The Balaban J connectivity index is 1.95. The first-order valence-electron chi connectivity index (χ1n) is 6.85. The largest absolute Gasteiger partial charge is 0.481 e. The molecule has 20 heavy (non-hydrogen) atoms. The molecular weight excluding hydrogens is 274 g/mol. The number of aliphatic carboxylic acids is 1. The third-order valence-electron chi connectivity index (χ3n) is 3.53. The van der Waals surface area contributed by atoms with Gasteiger partial charge >= 0.3 is 5.97 Å². The molecule has 2 unspecified atom stereocenters. The van der Waals surface area contributed by atoms with Crippen molar-refractivity contribution in [2.75, 3.05) is 12.3 Å². The van der Waals surface area contributed by atoms with Crippen molar-refractivity contribution in [3.05, 3.63) is 29.8 Å². The number of carbonyl (C=O) groups is 2. The van der Waals surface area contributed by atoms with Crippen LogP contribution in [0.25, 0.3) is 0 Å². The third kappa shape index (κ3) is 3.33. The molecule has 0 spiro atoms. The first-order chi connectivity index (χ1) is 9.63. The summed E-state index contributed by atoms with van der Waals surface area (Å²) in [6.07, 6.45) is 1.39. The number of hydrogen-bond donors (Lipinski definition) is 2. The van der Waals surface area contributed by atoms with Crippen LogP contribution >= 0.6 is 11.8 Å². The summed E-state index contributed by atoms with van der Waals surface area (Å²) in [7, 11) is 0. The van der Waals surface area contributed by atoms with Gasteiger partial charge in [-0.15, -0.1) is 11.8 Å². The second-order valence-corrected chi connectivity index (χ2v) is 6.03. The zero-order valence-corrected chi connectivity index (χ0v) is 12.3. The second kappa shape index (κ2) is 6.79. The molecule has 2 atom stereocenters. The van der Waals surface area contributed by atoms with Gasteiger partial charge in [0.1, 0.15) is 0 Å². The molecule has 0 radical (unpaired) electrons. The topological polar surface area (TPSA) is 66.4 Å². The van der Waals surface area contributed by atoms with Crippen LogP contribution < -0.4 is 5.32 Å². The molecule has 1 aromatic carbocycles. The van der Waals surface area contributed by atoms with Gasteiger partial charge in [0.05, 0.1) is 11.8 Å². The lowest BCUT2D eigenvalue weighted by molar-refractivity contribution is -0.142. The SMILES string of the molecule is CCCC(CNC(=O)C1CSc2ccccc21)C(=O)O.